The van der Waals surface area contributed by atoms with Crippen molar-refractivity contribution >= 4 is 5.91 Å². The number of nitrogens with one attached hydrogen (secondary N) is 1. The summed E-state index contributed by atoms with van der Waals surface area (Å²) in [6.45, 7) is 3.47. The molecule has 0 radical (unpaired) electrons. The third-order valence-electron chi connectivity index (χ3n) is 1.87. The van der Waals surface area contributed by atoms with Crippen molar-refractivity contribution < 1.29 is 18.0 Å². The van der Waals surface area contributed by atoms with Crippen molar-refractivity contribution in [2.75, 3.05) is 26.2 Å². The first-order valence-electron chi connectivity index (χ1n) is 4.96. The van der Waals surface area contributed by atoms with Gasteiger partial charge in [-0.15, -0.1) is 0 Å². The molecule has 3 nitrogen and oxygen atoms in total. The fourth-order valence-corrected chi connectivity index (χ4v) is 1.12. The standard InChI is InChI=1S/C9H17F3N2O/c1-3-13-6-5-8(15)14(4-2)7-9(10,11)12/h13H,3-7H2,1-2H3. The molecule has 0 saturated heterocycles. The molecule has 0 spiro atoms. The number of alkyl halides is 3. The van der Waals surface area contributed by atoms with Crippen molar-refractivity contribution in [1.82, 2.24) is 10.2 Å². The predicted molar refractivity (Wildman–Crippen MR) is 51.5 cm³/mol. The van der Waals surface area contributed by atoms with Crippen LogP contribution >= 0.6 is 0 Å². The number of hydrogen-bond acceptors (Lipinski definition) is 2. The molecule has 6 heteroatoms. The van der Waals surface area contributed by atoms with E-state index in [0.29, 0.717) is 13.1 Å². The van der Waals surface area contributed by atoms with Crippen LogP contribution in [0.4, 0.5) is 13.2 Å². The maximum absolute atomic E-state index is 12.0. The Bertz CT molecular complexity index is 194. The largest absolute Gasteiger partial charge is 0.406 e. The first kappa shape index (κ1) is 14.2. The molecule has 0 aliphatic rings. The SMILES string of the molecule is CCNCCC(=O)N(CC)CC(F)(F)F. The average Bonchev–Trinajstić information content (AvgIpc) is 2.13. The fourth-order valence-electron chi connectivity index (χ4n) is 1.12. The van der Waals surface area contributed by atoms with Gasteiger partial charge in [-0.1, -0.05) is 6.92 Å². The lowest BCUT2D eigenvalue weighted by Crippen LogP contribution is -2.39. The number of carbonyl (C=O) groups excluding carboxylic acids is 1. The molecule has 0 aromatic heterocycles. The number of carbonyl (C=O) groups is 1. The van der Waals surface area contributed by atoms with Gasteiger partial charge in [0, 0.05) is 19.5 Å². The van der Waals surface area contributed by atoms with E-state index < -0.39 is 18.6 Å². The van der Waals surface area contributed by atoms with Crippen LogP contribution in [0.25, 0.3) is 0 Å². The van der Waals surface area contributed by atoms with Gasteiger partial charge in [-0.3, -0.25) is 4.79 Å². The highest BCUT2D eigenvalue weighted by molar-refractivity contribution is 5.76. The van der Waals surface area contributed by atoms with Crippen molar-refractivity contribution in [3.8, 4) is 0 Å². The Balaban J connectivity index is 4.00. The van der Waals surface area contributed by atoms with Crippen molar-refractivity contribution in [2.24, 2.45) is 0 Å². The number of halogens is 3. The summed E-state index contributed by atoms with van der Waals surface area (Å²) in [5.41, 5.74) is 0. The summed E-state index contributed by atoms with van der Waals surface area (Å²) < 4.78 is 36.1. The Labute approximate surface area is 87.6 Å². The third kappa shape index (κ3) is 7.18. The van der Waals surface area contributed by atoms with E-state index in [2.05, 4.69) is 5.32 Å². The van der Waals surface area contributed by atoms with Crippen molar-refractivity contribution in [3.63, 3.8) is 0 Å². The molecule has 15 heavy (non-hydrogen) atoms. The number of amides is 1. The molecule has 0 saturated carbocycles. The Morgan fingerprint density at radius 3 is 2.33 bits per heavy atom. The summed E-state index contributed by atoms with van der Waals surface area (Å²) in [6, 6.07) is 0. The quantitative estimate of drug-likeness (QED) is 0.694. The molecule has 0 aromatic carbocycles. The van der Waals surface area contributed by atoms with E-state index in [0.717, 1.165) is 4.90 Å². The number of nitrogens with zero attached hydrogens (tertiary/aromatic N) is 1. The predicted octanol–water partition coefficient (Wildman–Crippen LogP) is 1.40. The molecule has 0 aliphatic heterocycles. The molecule has 90 valence electrons. The van der Waals surface area contributed by atoms with Gasteiger partial charge in [0.25, 0.3) is 0 Å². The second kappa shape index (κ2) is 6.66. The van der Waals surface area contributed by atoms with Gasteiger partial charge in [0.15, 0.2) is 0 Å². The minimum atomic E-state index is -4.32. The maximum atomic E-state index is 12.0. The van der Waals surface area contributed by atoms with E-state index in [-0.39, 0.29) is 13.0 Å². The maximum Gasteiger partial charge on any atom is 0.406 e. The Morgan fingerprint density at radius 2 is 1.93 bits per heavy atom. The van der Waals surface area contributed by atoms with Crippen LogP contribution in [0.2, 0.25) is 0 Å². The molecule has 0 aliphatic carbocycles. The first-order chi connectivity index (χ1) is 6.90. The zero-order valence-electron chi connectivity index (χ0n) is 9.02. The summed E-state index contributed by atoms with van der Waals surface area (Å²) in [5, 5.41) is 2.89. The second-order valence-electron chi connectivity index (χ2n) is 3.13. The molecule has 0 fully saturated rings. The lowest BCUT2D eigenvalue weighted by atomic mass is 10.3. The topological polar surface area (TPSA) is 32.3 Å². The summed E-state index contributed by atoms with van der Waals surface area (Å²) in [7, 11) is 0. The fraction of sp³-hybridized carbons (Fsp3) is 0.889. The van der Waals surface area contributed by atoms with Crippen LogP contribution in [0.15, 0.2) is 0 Å². The molecule has 0 aromatic rings. The Morgan fingerprint density at radius 1 is 1.33 bits per heavy atom. The van der Waals surface area contributed by atoms with Gasteiger partial charge < -0.3 is 10.2 Å². The van der Waals surface area contributed by atoms with E-state index in [1.54, 1.807) is 0 Å². The monoisotopic (exact) mass is 226 g/mol. The Kier molecular flexibility index (Phi) is 6.31. The normalized spacial score (nSPS) is 11.5. The van der Waals surface area contributed by atoms with Gasteiger partial charge in [0.1, 0.15) is 6.54 Å². The van der Waals surface area contributed by atoms with Crippen LogP contribution in [0, 0.1) is 0 Å². The number of hydrogen-bond donors (Lipinski definition) is 1. The van der Waals surface area contributed by atoms with Crippen molar-refractivity contribution in [2.45, 2.75) is 26.4 Å². The summed E-state index contributed by atoms with van der Waals surface area (Å²) >= 11 is 0. The molecule has 1 N–H and O–H groups in total. The van der Waals surface area contributed by atoms with Crippen LogP contribution < -0.4 is 5.32 Å². The highest BCUT2D eigenvalue weighted by atomic mass is 19.4. The second-order valence-corrected chi connectivity index (χ2v) is 3.13. The zero-order valence-corrected chi connectivity index (χ0v) is 9.02. The lowest BCUT2D eigenvalue weighted by Gasteiger charge is -2.22. The van der Waals surface area contributed by atoms with Crippen LogP contribution in [-0.4, -0.2) is 43.2 Å². The summed E-state index contributed by atoms with van der Waals surface area (Å²) in [6.07, 6.45) is -4.21. The molecule has 0 rings (SSSR count). The van der Waals surface area contributed by atoms with Gasteiger partial charge in [0.2, 0.25) is 5.91 Å². The molecule has 0 heterocycles. The highest BCUT2D eigenvalue weighted by Crippen LogP contribution is 2.16. The highest BCUT2D eigenvalue weighted by Gasteiger charge is 2.31. The lowest BCUT2D eigenvalue weighted by molar-refractivity contribution is -0.160. The van der Waals surface area contributed by atoms with Gasteiger partial charge >= 0.3 is 6.18 Å². The summed E-state index contributed by atoms with van der Waals surface area (Å²) in [5.74, 6) is -0.462. The number of rotatable bonds is 6. The molecule has 0 atom stereocenters. The van der Waals surface area contributed by atoms with Crippen molar-refractivity contribution in [3.05, 3.63) is 0 Å². The van der Waals surface area contributed by atoms with Crippen LogP contribution in [0.5, 0.6) is 0 Å². The third-order valence-corrected chi connectivity index (χ3v) is 1.87. The molecular formula is C9H17F3N2O. The minimum Gasteiger partial charge on any atom is -0.334 e. The van der Waals surface area contributed by atoms with Crippen molar-refractivity contribution in [1.29, 1.82) is 0 Å². The minimum absolute atomic E-state index is 0.0878. The van der Waals surface area contributed by atoms with E-state index in [4.69, 9.17) is 0 Å². The summed E-state index contributed by atoms with van der Waals surface area (Å²) in [4.78, 5) is 12.1. The molecular weight excluding hydrogens is 209 g/mol. The molecule has 0 bridgehead atoms. The van der Waals surface area contributed by atoms with Crippen LogP contribution in [-0.2, 0) is 4.79 Å². The zero-order chi connectivity index (χ0) is 11.9. The molecule has 0 unspecified atom stereocenters. The van der Waals surface area contributed by atoms with Crippen LogP contribution in [0.1, 0.15) is 20.3 Å². The van der Waals surface area contributed by atoms with Gasteiger partial charge in [-0.25, -0.2) is 0 Å². The van der Waals surface area contributed by atoms with Gasteiger partial charge in [0.05, 0.1) is 0 Å². The van der Waals surface area contributed by atoms with Gasteiger partial charge in [-0.05, 0) is 13.5 Å². The van der Waals surface area contributed by atoms with E-state index in [9.17, 15) is 18.0 Å². The Hall–Kier alpha value is -0.780. The average molecular weight is 226 g/mol. The first-order valence-corrected chi connectivity index (χ1v) is 4.96. The van der Waals surface area contributed by atoms with Gasteiger partial charge in [-0.2, -0.15) is 13.2 Å². The van der Waals surface area contributed by atoms with E-state index >= 15 is 0 Å². The van der Waals surface area contributed by atoms with Crippen LogP contribution in [0.3, 0.4) is 0 Å². The van der Waals surface area contributed by atoms with E-state index in [1.807, 2.05) is 6.92 Å². The smallest absolute Gasteiger partial charge is 0.334 e. The molecule has 1 amide bonds. The van der Waals surface area contributed by atoms with E-state index in [1.165, 1.54) is 6.92 Å².